The summed E-state index contributed by atoms with van der Waals surface area (Å²) in [5.74, 6) is 0.572. The first kappa shape index (κ1) is 11.8. The molecular formula is C6H9N3O2S2. The van der Waals surface area contributed by atoms with E-state index >= 15 is 0 Å². The highest BCUT2D eigenvalue weighted by Crippen LogP contribution is 2.03. The molecule has 0 aliphatic rings. The topological polar surface area (TPSA) is 94.1 Å². The highest BCUT2D eigenvalue weighted by Gasteiger charge is 1.91. The monoisotopic (exact) mass is 219 g/mol. The maximum atomic E-state index is 9.09. The minimum Gasteiger partial charge on any atom is -0.415 e. The number of thiol groups is 1. The number of carbonyl (C=O) groups excluding carboxylic acids is 1. The number of aromatic nitrogens is 1. The number of hydrogen-bond donors (Lipinski definition) is 4. The first-order valence-corrected chi connectivity index (χ1v) is 3.97. The van der Waals surface area contributed by atoms with Gasteiger partial charge in [0.2, 0.25) is 0 Å². The summed E-state index contributed by atoms with van der Waals surface area (Å²) in [6.07, 6.45) is 1.73. The fourth-order valence-corrected chi connectivity index (χ4v) is 0.576. The highest BCUT2D eigenvalue weighted by molar-refractivity contribution is 7.96. The molecule has 0 atom stereocenters. The Balaban J connectivity index is 0.000000310. The highest BCUT2D eigenvalue weighted by atomic mass is 32.1. The molecule has 0 radical (unpaired) electrons. The summed E-state index contributed by atoms with van der Waals surface area (Å²) in [5.41, 5.74) is 9.41. The van der Waals surface area contributed by atoms with Gasteiger partial charge in [-0.2, -0.15) is 0 Å². The van der Waals surface area contributed by atoms with Crippen molar-refractivity contribution in [2.24, 2.45) is 11.5 Å². The van der Waals surface area contributed by atoms with E-state index < -0.39 is 5.24 Å². The molecule has 13 heavy (non-hydrogen) atoms. The van der Waals surface area contributed by atoms with Crippen molar-refractivity contribution >= 4 is 35.3 Å². The normalized spacial score (nSPS) is 8.08. The predicted molar refractivity (Wildman–Crippen MR) is 56.8 cm³/mol. The molecule has 0 spiro atoms. The quantitative estimate of drug-likeness (QED) is 0.411. The summed E-state index contributed by atoms with van der Waals surface area (Å²) in [7, 11) is 0. The molecule has 72 valence electrons. The van der Waals surface area contributed by atoms with Gasteiger partial charge in [-0.1, -0.05) is 12.6 Å². The van der Waals surface area contributed by atoms with Crippen molar-refractivity contribution in [3.63, 3.8) is 0 Å². The van der Waals surface area contributed by atoms with Crippen LogP contribution in [0.15, 0.2) is 18.3 Å². The van der Waals surface area contributed by atoms with Gasteiger partial charge in [0.05, 0.1) is 0 Å². The minimum absolute atomic E-state index is 0.0254. The third-order valence-corrected chi connectivity index (χ3v) is 0.863. The molecule has 1 aromatic rings. The van der Waals surface area contributed by atoms with Crippen molar-refractivity contribution < 1.29 is 9.53 Å². The van der Waals surface area contributed by atoms with E-state index in [4.69, 9.17) is 15.3 Å². The van der Waals surface area contributed by atoms with E-state index in [1.807, 2.05) is 0 Å². The van der Waals surface area contributed by atoms with Crippen molar-refractivity contribution in [3.8, 4) is 5.88 Å². The molecule has 1 aromatic heterocycles. The Morgan fingerprint density at radius 1 is 1.62 bits per heavy atom. The van der Waals surface area contributed by atoms with Gasteiger partial charge in [0.1, 0.15) is 0 Å². The van der Waals surface area contributed by atoms with Crippen molar-refractivity contribution in [2.45, 2.75) is 0 Å². The molecule has 0 aliphatic heterocycles. The molecule has 0 fully saturated rings. The number of rotatable bonds is 1. The Morgan fingerprint density at radius 2 is 2.15 bits per heavy atom. The molecule has 1 amide bonds. The lowest BCUT2D eigenvalue weighted by molar-refractivity contribution is 0.267. The fraction of sp³-hybridized carbons (Fsp3) is 0. The lowest BCUT2D eigenvalue weighted by atomic mass is 10.7. The average molecular weight is 219 g/mol. The summed E-state index contributed by atoms with van der Waals surface area (Å²) in [6.45, 7) is 0. The molecule has 0 unspecified atom stereocenters. The molecule has 0 aliphatic carbocycles. The van der Waals surface area contributed by atoms with Gasteiger partial charge in [-0.05, 0) is 18.3 Å². The summed E-state index contributed by atoms with van der Waals surface area (Å²) in [5, 5.41) is -0.613. The van der Waals surface area contributed by atoms with E-state index in [1.54, 1.807) is 18.3 Å². The first-order valence-electron chi connectivity index (χ1n) is 3.11. The number of primary amides is 1. The van der Waals surface area contributed by atoms with E-state index in [1.165, 1.54) is 0 Å². The molecule has 0 aromatic carbocycles. The summed E-state index contributed by atoms with van der Waals surface area (Å²) >= 11 is 7.58. The smallest absolute Gasteiger partial charge is 0.273 e. The molecule has 0 saturated carbocycles. The lowest BCUT2D eigenvalue weighted by Crippen LogP contribution is -2.15. The van der Waals surface area contributed by atoms with Gasteiger partial charge >= 0.3 is 0 Å². The molecule has 5 nitrogen and oxygen atoms in total. The fourth-order valence-electron chi connectivity index (χ4n) is 0.486. The number of aromatic amines is 1. The zero-order valence-electron chi connectivity index (χ0n) is 6.56. The van der Waals surface area contributed by atoms with E-state index in [2.05, 4.69) is 35.6 Å². The maximum absolute atomic E-state index is 9.09. The first-order chi connectivity index (χ1) is 6.02. The lowest BCUT2D eigenvalue weighted by Gasteiger charge is -1.95. The molecule has 1 heterocycles. The van der Waals surface area contributed by atoms with Crippen LogP contribution in [0.4, 0.5) is 4.79 Å². The van der Waals surface area contributed by atoms with Gasteiger partial charge in [0.15, 0.2) is 5.88 Å². The summed E-state index contributed by atoms with van der Waals surface area (Å²) < 4.78 is 4.81. The Bertz CT molecular complexity index is 269. The Morgan fingerprint density at radius 3 is 2.46 bits per heavy atom. The van der Waals surface area contributed by atoms with Crippen LogP contribution in [0.2, 0.25) is 0 Å². The van der Waals surface area contributed by atoms with Crippen molar-refractivity contribution in [3.05, 3.63) is 18.3 Å². The third kappa shape index (κ3) is 8.70. The van der Waals surface area contributed by atoms with Crippen LogP contribution in [0, 0.1) is 0 Å². The van der Waals surface area contributed by atoms with Gasteiger partial charge in [-0.15, -0.1) is 0 Å². The second-order valence-electron chi connectivity index (χ2n) is 1.79. The number of ether oxygens (including phenoxy) is 1. The van der Waals surface area contributed by atoms with Crippen LogP contribution in [0.5, 0.6) is 5.88 Å². The van der Waals surface area contributed by atoms with E-state index in [9.17, 15) is 0 Å². The number of thiocarbonyl (C=S) groups is 1. The molecular weight excluding hydrogens is 210 g/mol. The van der Waals surface area contributed by atoms with E-state index in [-0.39, 0.29) is 5.17 Å². The van der Waals surface area contributed by atoms with Gasteiger partial charge in [0.25, 0.3) is 10.4 Å². The van der Waals surface area contributed by atoms with Crippen LogP contribution in [0.25, 0.3) is 0 Å². The SMILES string of the molecule is NC(=O)S.NC(=S)Oc1ccc[nH]1. The number of nitrogens with two attached hydrogens (primary N) is 2. The maximum Gasteiger partial charge on any atom is 0.273 e. The van der Waals surface area contributed by atoms with Crippen molar-refractivity contribution in [1.29, 1.82) is 0 Å². The molecule has 7 heteroatoms. The second kappa shape index (κ2) is 6.32. The van der Waals surface area contributed by atoms with E-state index in [0.717, 1.165) is 0 Å². The van der Waals surface area contributed by atoms with Gasteiger partial charge in [-0.3, -0.25) is 4.79 Å². The molecule has 5 N–H and O–H groups in total. The Hall–Kier alpha value is -1.21. The Labute approximate surface area is 85.8 Å². The van der Waals surface area contributed by atoms with Crippen LogP contribution in [0.1, 0.15) is 0 Å². The second-order valence-corrected chi connectivity index (χ2v) is 2.64. The average Bonchev–Trinajstić information content (AvgIpc) is 2.36. The summed E-state index contributed by atoms with van der Waals surface area (Å²) in [4.78, 5) is 11.9. The number of H-pyrrole nitrogens is 1. The largest absolute Gasteiger partial charge is 0.415 e. The number of carbonyl (C=O) groups is 1. The number of hydrogen-bond acceptors (Lipinski definition) is 3. The van der Waals surface area contributed by atoms with Crippen LogP contribution in [-0.2, 0) is 0 Å². The molecule has 0 saturated heterocycles. The third-order valence-electron chi connectivity index (χ3n) is 0.780. The minimum atomic E-state index is -0.639. The molecule has 0 bridgehead atoms. The van der Waals surface area contributed by atoms with Crippen LogP contribution >= 0.6 is 24.8 Å². The standard InChI is InChI=1S/C5H6N2OS.CH3NOS/c6-5(9)8-4-2-1-3-7-4;2-1(3)4/h1-3,7H,(H2,6,9);(H3,2,3,4). The van der Waals surface area contributed by atoms with Crippen molar-refractivity contribution in [1.82, 2.24) is 4.98 Å². The van der Waals surface area contributed by atoms with Crippen LogP contribution < -0.4 is 16.2 Å². The van der Waals surface area contributed by atoms with Crippen LogP contribution in [-0.4, -0.2) is 15.4 Å². The van der Waals surface area contributed by atoms with Crippen molar-refractivity contribution in [2.75, 3.05) is 0 Å². The van der Waals surface area contributed by atoms with E-state index in [0.29, 0.717) is 5.88 Å². The number of nitrogens with one attached hydrogen (secondary N) is 1. The van der Waals surface area contributed by atoms with Gasteiger partial charge < -0.3 is 21.2 Å². The molecule has 1 rings (SSSR count). The Kier molecular flexibility index (Phi) is 5.73. The predicted octanol–water partition coefficient (Wildman–Crippen LogP) is 0.632. The van der Waals surface area contributed by atoms with Crippen LogP contribution in [0.3, 0.4) is 0 Å². The summed E-state index contributed by atoms with van der Waals surface area (Å²) in [6, 6.07) is 3.53. The van der Waals surface area contributed by atoms with Gasteiger partial charge in [0, 0.05) is 12.3 Å². The number of amides is 1. The van der Waals surface area contributed by atoms with Gasteiger partial charge in [-0.25, -0.2) is 0 Å². The zero-order valence-corrected chi connectivity index (χ0v) is 8.27. The zero-order chi connectivity index (χ0) is 10.3.